The van der Waals surface area contributed by atoms with Crippen LogP contribution in [0.5, 0.6) is 0 Å². The molecule has 0 aliphatic carbocycles. The van der Waals surface area contributed by atoms with Gasteiger partial charge in [0.25, 0.3) is 5.91 Å². The second-order valence-electron chi connectivity index (χ2n) is 6.85. The topological polar surface area (TPSA) is 82.6 Å². The second kappa shape index (κ2) is 10.0. The minimum absolute atomic E-state index is 0.230. The quantitative estimate of drug-likeness (QED) is 0.671. The number of nitrogens with one attached hydrogen (secondary N) is 2. The van der Waals surface area contributed by atoms with Crippen molar-refractivity contribution in [3.63, 3.8) is 0 Å². The molecule has 0 saturated carbocycles. The van der Waals surface area contributed by atoms with Gasteiger partial charge in [0.15, 0.2) is 0 Å². The Bertz CT molecular complexity index is 742. The average molecular weight is 384 g/mol. The zero-order valence-electron chi connectivity index (χ0n) is 16.5. The molecule has 150 valence electrons. The molecule has 0 unspecified atom stereocenters. The summed E-state index contributed by atoms with van der Waals surface area (Å²) < 4.78 is 4.96. The van der Waals surface area contributed by atoms with Gasteiger partial charge in [-0.25, -0.2) is 9.97 Å². The monoisotopic (exact) mass is 384 g/mol. The van der Waals surface area contributed by atoms with Gasteiger partial charge >= 0.3 is 0 Å². The summed E-state index contributed by atoms with van der Waals surface area (Å²) in [6, 6.07) is 8.29. The third-order valence-electron chi connectivity index (χ3n) is 4.70. The van der Waals surface area contributed by atoms with Crippen molar-refractivity contribution in [1.82, 2.24) is 20.2 Å². The fourth-order valence-electron chi connectivity index (χ4n) is 2.99. The van der Waals surface area contributed by atoms with Gasteiger partial charge in [0, 0.05) is 57.8 Å². The molecule has 1 fully saturated rings. The Morgan fingerprint density at radius 2 is 1.86 bits per heavy atom. The first-order chi connectivity index (χ1) is 13.7. The molecule has 1 amide bonds. The van der Waals surface area contributed by atoms with Gasteiger partial charge in [-0.1, -0.05) is 0 Å². The van der Waals surface area contributed by atoms with Crippen LogP contribution in [0, 0.1) is 0 Å². The molecule has 28 heavy (non-hydrogen) atoms. The lowest BCUT2D eigenvalue weighted by atomic mass is 10.2. The summed E-state index contributed by atoms with van der Waals surface area (Å²) in [6.45, 7) is 5.42. The summed E-state index contributed by atoms with van der Waals surface area (Å²) in [7, 11) is 3.79. The van der Waals surface area contributed by atoms with Gasteiger partial charge < -0.3 is 25.2 Å². The fraction of sp³-hybridized carbons (Fsp3) is 0.450. The van der Waals surface area contributed by atoms with E-state index in [1.807, 2.05) is 12.1 Å². The van der Waals surface area contributed by atoms with Crippen LogP contribution in [-0.4, -0.2) is 74.3 Å². The maximum atomic E-state index is 12.0. The maximum absolute atomic E-state index is 12.0. The highest BCUT2D eigenvalue weighted by Crippen LogP contribution is 2.21. The number of hydrogen-bond acceptors (Lipinski definition) is 7. The summed E-state index contributed by atoms with van der Waals surface area (Å²) in [6.07, 6.45) is 3.81. The van der Waals surface area contributed by atoms with E-state index >= 15 is 0 Å². The zero-order chi connectivity index (χ0) is 19.8. The standard InChI is InChI=1S/C20H28N6O2/c1-25-9-11-26(12-10-25)17-6-4-16(5-7-17)24-19-15-22-18(14-23-19)20(27)21-8-3-13-28-2/h4-7,14-15H,3,8-13H2,1-2H3,(H,21,27)(H,23,24). The van der Waals surface area contributed by atoms with Crippen LogP contribution in [0.1, 0.15) is 16.9 Å². The van der Waals surface area contributed by atoms with Crippen LogP contribution in [-0.2, 0) is 4.74 Å². The van der Waals surface area contributed by atoms with Gasteiger partial charge in [-0.3, -0.25) is 4.79 Å². The number of benzene rings is 1. The lowest BCUT2D eigenvalue weighted by molar-refractivity contribution is 0.0943. The number of carbonyl (C=O) groups excluding carboxylic acids is 1. The number of hydrogen-bond donors (Lipinski definition) is 2. The van der Waals surface area contributed by atoms with Gasteiger partial charge in [-0.2, -0.15) is 0 Å². The van der Waals surface area contributed by atoms with Crippen LogP contribution in [0.25, 0.3) is 0 Å². The molecule has 0 spiro atoms. The number of carbonyl (C=O) groups is 1. The lowest BCUT2D eigenvalue weighted by Gasteiger charge is -2.34. The van der Waals surface area contributed by atoms with E-state index in [-0.39, 0.29) is 5.91 Å². The third kappa shape index (κ3) is 5.64. The largest absolute Gasteiger partial charge is 0.385 e. The highest BCUT2D eigenvalue weighted by molar-refractivity contribution is 5.92. The van der Waals surface area contributed by atoms with E-state index in [2.05, 4.69) is 49.6 Å². The number of anilines is 3. The van der Waals surface area contributed by atoms with Crippen molar-refractivity contribution >= 4 is 23.1 Å². The van der Waals surface area contributed by atoms with Crippen LogP contribution >= 0.6 is 0 Å². The first-order valence-electron chi connectivity index (χ1n) is 9.55. The molecule has 1 aromatic carbocycles. The molecule has 2 aromatic rings. The molecule has 2 heterocycles. The van der Waals surface area contributed by atoms with E-state index < -0.39 is 0 Å². The summed E-state index contributed by atoms with van der Waals surface area (Å²) in [5.41, 5.74) is 2.46. The number of aromatic nitrogens is 2. The van der Waals surface area contributed by atoms with E-state index in [0.29, 0.717) is 24.7 Å². The van der Waals surface area contributed by atoms with Gasteiger partial charge in [-0.15, -0.1) is 0 Å². The Balaban J connectivity index is 1.51. The molecule has 0 bridgehead atoms. The van der Waals surface area contributed by atoms with Crippen molar-refractivity contribution < 1.29 is 9.53 Å². The molecule has 3 rings (SSSR count). The van der Waals surface area contributed by atoms with Crippen molar-refractivity contribution in [2.45, 2.75) is 6.42 Å². The number of nitrogens with zero attached hydrogens (tertiary/aromatic N) is 4. The van der Waals surface area contributed by atoms with E-state index in [9.17, 15) is 4.79 Å². The number of amides is 1. The van der Waals surface area contributed by atoms with Gasteiger partial charge in [0.1, 0.15) is 11.5 Å². The van der Waals surface area contributed by atoms with Crippen molar-refractivity contribution in [3.8, 4) is 0 Å². The Morgan fingerprint density at radius 1 is 1.11 bits per heavy atom. The summed E-state index contributed by atoms with van der Waals surface area (Å²) >= 11 is 0. The number of piperazine rings is 1. The molecule has 1 aliphatic heterocycles. The molecule has 8 heteroatoms. The van der Waals surface area contributed by atoms with E-state index in [1.54, 1.807) is 13.3 Å². The Kier molecular flexibility index (Phi) is 7.16. The third-order valence-corrected chi connectivity index (χ3v) is 4.70. The van der Waals surface area contributed by atoms with Crippen LogP contribution in [0.15, 0.2) is 36.7 Å². The molecule has 1 aromatic heterocycles. The summed E-state index contributed by atoms with van der Waals surface area (Å²) in [4.78, 5) is 25.2. The normalized spacial score (nSPS) is 14.7. The van der Waals surface area contributed by atoms with Crippen LogP contribution in [0.4, 0.5) is 17.2 Å². The lowest BCUT2D eigenvalue weighted by Crippen LogP contribution is -2.44. The van der Waals surface area contributed by atoms with Crippen LogP contribution < -0.4 is 15.5 Å². The SMILES string of the molecule is COCCCNC(=O)c1cnc(Nc2ccc(N3CCN(C)CC3)cc2)cn1. The first kappa shape index (κ1) is 20.0. The van der Waals surface area contributed by atoms with Crippen molar-refractivity contribution in [3.05, 3.63) is 42.4 Å². The molecule has 1 saturated heterocycles. The van der Waals surface area contributed by atoms with Crippen molar-refractivity contribution in [1.29, 1.82) is 0 Å². The number of likely N-dealkylation sites (N-methyl/N-ethyl adjacent to an activating group) is 1. The molecule has 0 radical (unpaired) electrons. The van der Waals surface area contributed by atoms with E-state index in [4.69, 9.17) is 4.74 Å². The predicted octanol–water partition coefficient (Wildman–Crippen LogP) is 1.74. The Labute approximate surface area is 165 Å². The van der Waals surface area contributed by atoms with Crippen molar-refractivity contribution in [2.75, 3.05) is 63.7 Å². The smallest absolute Gasteiger partial charge is 0.271 e. The van der Waals surface area contributed by atoms with Crippen molar-refractivity contribution in [2.24, 2.45) is 0 Å². The fourth-order valence-corrected chi connectivity index (χ4v) is 2.99. The molecule has 1 aliphatic rings. The number of methoxy groups -OCH3 is 1. The van der Waals surface area contributed by atoms with E-state index in [1.165, 1.54) is 11.9 Å². The minimum Gasteiger partial charge on any atom is -0.385 e. The van der Waals surface area contributed by atoms with Gasteiger partial charge in [0.05, 0.1) is 12.4 Å². The summed E-state index contributed by atoms with van der Waals surface area (Å²) in [5.74, 6) is 0.370. The second-order valence-corrected chi connectivity index (χ2v) is 6.85. The number of rotatable bonds is 8. The van der Waals surface area contributed by atoms with Crippen LogP contribution in [0.3, 0.4) is 0 Å². The molecular formula is C20H28N6O2. The van der Waals surface area contributed by atoms with E-state index in [0.717, 1.165) is 38.3 Å². The minimum atomic E-state index is -0.230. The Hall–Kier alpha value is -2.71. The Morgan fingerprint density at radius 3 is 2.50 bits per heavy atom. The highest BCUT2D eigenvalue weighted by atomic mass is 16.5. The van der Waals surface area contributed by atoms with Crippen LogP contribution in [0.2, 0.25) is 0 Å². The molecule has 0 atom stereocenters. The van der Waals surface area contributed by atoms with Gasteiger partial charge in [0.2, 0.25) is 0 Å². The molecular weight excluding hydrogens is 356 g/mol. The zero-order valence-corrected chi connectivity index (χ0v) is 16.5. The molecule has 8 nitrogen and oxygen atoms in total. The summed E-state index contributed by atoms with van der Waals surface area (Å²) in [5, 5.41) is 6.01. The predicted molar refractivity (Wildman–Crippen MR) is 110 cm³/mol. The average Bonchev–Trinajstić information content (AvgIpc) is 2.73. The number of ether oxygens (including phenoxy) is 1. The maximum Gasteiger partial charge on any atom is 0.271 e. The highest BCUT2D eigenvalue weighted by Gasteiger charge is 2.14. The first-order valence-corrected chi connectivity index (χ1v) is 9.55. The van der Waals surface area contributed by atoms with Gasteiger partial charge in [-0.05, 0) is 37.7 Å². The molecule has 2 N–H and O–H groups in total.